The Morgan fingerprint density at radius 2 is 2.21 bits per heavy atom. The van der Waals surface area contributed by atoms with Crippen molar-refractivity contribution in [3.8, 4) is 11.4 Å². The minimum atomic E-state index is -1.21. The third-order valence-corrected chi connectivity index (χ3v) is 2.69. The first-order valence-electron chi connectivity index (χ1n) is 5.57. The number of rotatable bonds is 4. The van der Waals surface area contributed by atoms with Gasteiger partial charge in [-0.15, -0.1) is 0 Å². The van der Waals surface area contributed by atoms with Crippen LogP contribution in [0, 0.1) is 10.1 Å². The Morgan fingerprint density at radius 1 is 1.47 bits per heavy atom. The summed E-state index contributed by atoms with van der Waals surface area (Å²) in [6.45, 7) is 2.54. The molecule has 0 saturated carbocycles. The molecule has 0 radical (unpaired) electrons. The Bertz CT molecular complexity index is 616. The molecule has 0 fully saturated rings. The van der Waals surface area contributed by atoms with Crippen LogP contribution in [0.4, 0.5) is 5.69 Å². The predicted octanol–water partition coefficient (Wildman–Crippen LogP) is 2.18. The van der Waals surface area contributed by atoms with E-state index in [2.05, 4.69) is 4.98 Å². The third kappa shape index (κ3) is 2.44. The van der Waals surface area contributed by atoms with Crippen molar-refractivity contribution in [2.45, 2.75) is 13.5 Å². The number of hydrogen-bond donors (Lipinski definition) is 1. The maximum Gasteiger partial charge on any atom is 0.335 e. The van der Waals surface area contributed by atoms with Crippen LogP contribution in [-0.2, 0) is 6.54 Å². The maximum atomic E-state index is 11.0. The summed E-state index contributed by atoms with van der Waals surface area (Å²) in [4.78, 5) is 25.3. The smallest absolute Gasteiger partial charge is 0.335 e. The van der Waals surface area contributed by atoms with Crippen LogP contribution in [0.25, 0.3) is 11.4 Å². The molecule has 0 unspecified atom stereocenters. The van der Waals surface area contributed by atoms with Gasteiger partial charge < -0.3 is 9.67 Å². The zero-order valence-electron chi connectivity index (χ0n) is 10.1. The molecule has 7 nitrogen and oxygen atoms in total. The van der Waals surface area contributed by atoms with E-state index in [9.17, 15) is 14.9 Å². The summed E-state index contributed by atoms with van der Waals surface area (Å²) in [6, 6.07) is 3.73. The molecule has 2 rings (SSSR count). The molecule has 0 aliphatic carbocycles. The summed E-state index contributed by atoms with van der Waals surface area (Å²) >= 11 is 0. The molecule has 1 heterocycles. The van der Waals surface area contributed by atoms with E-state index in [1.807, 2.05) is 6.92 Å². The van der Waals surface area contributed by atoms with E-state index in [4.69, 9.17) is 5.11 Å². The third-order valence-electron chi connectivity index (χ3n) is 2.69. The number of aromatic nitrogens is 2. The van der Waals surface area contributed by atoms with Gasteiger partial charge in [-0.25, -0.2) is 9.78 Å². The van der Waals surface area contributed by atoms with Crippen molar-refractivity contribution in [1.29, 1.82) is 0 Å². The molecular formula is C12H11N3O4. The van der Waals surface area contributed by atoms with Gasteiger partial charge in [-0.2, -0.15) is 0 Å². The molecule has 19 heavy (non-hydrogen) atoms. The van der Waals surface area contributed by atoms with Crippen LogP contribution in [-0.4, -0.2) is 25.6 Å². The van der Waals surface area contributed by atoms with Gasteiger partial charge in [0.05, 0.1) is 10.5 Å². The second kappa shape index (κ2) is 4.89. The number of carboxylic acids is 1. The van der Waals surface area contributed by atoms with Crippen LogP contribution >= 0.6 is 0 Å². The molecule has 0 amide bonds. The minimum Gasteiger partial charge on any atom is -0.478 e. The molecule has 0 spiro atoms. The maximum absolute atomic E-state index is 11.0. The number of nitro groups is 1. The van der Waals surface area contributed by atoms with Gasteiger partial charge in [0.25, 0.3) is 5.69 Å². The number of non-ortho nitro benzene ring substituents is 1. The second-order valence-electron chi connectivity index (χ2n) is 3.87. The number of carboxylic acid groups (broad SMARTS) is 1. The van der Waals surface area contributed by atoms with Crippen LogP contribution in [0.15, 0.2) is 30.6 Å². The van der Waals surface area contributed by atoms with Crippen molar-refractivity contribution in [2.75, 3.05) is 0 Å². The highest BCUT2D eigenvalue weighted by Crippen LogP contribution is 2.25. The molecule has 7 heteroatoms. The molecule has 1 N–H and O–H groups in total. The number of benzene rings is 1. The molecule has 98 valence electrons. The van der Waals surface area contributed by atoms with E-state index < -0.39 is 10.9 Å². The lowest BCUT2D eigenvalue weighted by Crippen LogP contribution is -2.02. The van der Waals surface area contributed by atoms with E-state index in [0.29, 0.717) is 17.9 Å². The Hall–Kier alpha value is -2.70. The first kappa shape index (κ1) is 12.7. The van der Waals surface area contributed by atoms with Gasteiger partial charge in [0.2, 0.25) is 0 Å². The van der Waals surface area contributed by atoms with E-state index in [1.54, 1.807) is 17.0 Å². The molecule has 0 bridgehead atoms. The molecule has 0 atom stereocenters. The van der Waals surface area contributed by atoms with E-state index in [-0.39, 0.29) is 11.3 Å². The lowest BCUT2D eigenvalue weighted by molar-refractivity contribution is -0.384. The topological polar surface area (TPSA) is 98.3 Å². The highest BCUT2D eigenvalue weighted by molar-refractivity contribution is 5.90. The number of hydrogen-bond acceptors (Lipinski definition) is 4. The van der Waals surface area contributed by atoms with Crippen LogP contribution in [0.3, 0.4) is 0 Å². The van der Waals surface area contributed by atoms with E-state index in [0.717, 1.165) is 6.07 Å². The van der Waals surface area contributed by atoms with Crippen molar-refractivity contribution in [3.63, 3.8) is 0 Å². The van der Waals surface area contributed by atoms with Gasteiger partial charge in [-0.05, 0) is 13.0 Å². The summed E-state index contributed by atoms with van der Waals surface area (Å²) in [5.74, 6) is -0.701. The number of imidazole rings is 1. The molecular weight excluding hydrogens is 250 g/mol. The van der Waals surface area contributed by atoms with Crippen molar-refractivity contribution >= 4 is 11.7 Å². The van der Waals surface area contributed by atoms with Gasteiger partial charge in [0.15, 0.2) is 0 Å². The zero-order valence-corrected chi connectivity index (χ0v) is 10.1. The fourth-order valence-corrected chi connectivity index (χ4v) is 1.79. The fraction of sp³-hybridized carbons (Fsp3) is 0.167. The first-order chi connectivity index (χ1) is 9.02. The summed E-state index contributed by atoms with van der Waals surface area (Å²) in [5, 5.41) is 19.8. The average Bonchev–Trinajstić information content (AvgIpc) is 2.86. The Balaban J connectivity index is 2.63. The average molecular weight is 261 g/mol. The van der Waals surface area contributed by atoms with E-state index in [1.165, 1.54) is 12.1 Å². The molecule has 0 aliphatic heterocycles. The summed E-state index contributed by atoms with van der Waals surface area (Å²) in [7, 11) is 0. The fourth-order valence-electron chi connectivity index (χ4n) is 1.79. The molecule has 1 aromatic carbocycles. The molecule has 0 saturated heterocycles. The molecule has 1 aromatic heterocycles. The van der Waals surface area contributed by atoms with Gasteiger partial charge in [0.1, 0.15) is 5.82 Å². The number of nitro benzene ring substituents is 1. The Kier molecular flexibility index (Phi) is 3.28. The van der Waals surface area contributed by atoms with Gasteiger partial charge in [-0.3, -0.25) is 10.1 Å². The zero-order chi connectivity index (χ0) is 14.0. The van der Waals surface area contributed by atoms with Crippen LogP contribution in [0.1, 0.15) is 17.3 Å². The standard InChI is InChI=1S/C12H11N3O4/c1-2-14-4-3-13-11(14)8-5-9(12(16)17)7-10(6-8)15(18)19/h3-7H,2H2,1H3,(H,16,17). The molecule has 2 aromatic rings. The van der Waals surface area contributed by atoms with Gasteiger partial charge >= 0.3 is 5.97 Å². The molecule has 0 aliphatic rings. The van der Waals surface area contributed by atoms with Gasteiger partial charge in [-0.1, -0.05) is 0 Å². The number of carbonyl (C=O) groups is 1. The minimum absolute atomic E-state index is 0.130. The highest BCUT2D eigenvalue weighted by Gasteiger charge is 2.16. The number of nitrogens with zero attached hydrogens (tertiary/aromatic N) is 3. The lowest BCUT2D eigenvalue weighted by atomic mass is 10.1. The van der Waals surface area contributed by atoms with Crippen LogP contribution < -0.4 is 0 Å². The van der Waals surface area contributed by atoms with Crippen molar-refractivity contribution in [2.24, 2.45) is 0 Å². The Morgan fingerprint density at radius 3 is 2.79 bits per heavy atom. The highest BCUT2D eigenvalue weighted by atomic mass is 16.6. The second-order valence-corrected chi connectivity index (χ2v) is 3.87. The SMILES string of the molecule is CCn1ccnc1-c1cc(C(=O)O)cc([N+](=O)[O-])c1. The van der Waals surface area contributed by atoms with E-state index >= 15 is 0 Å². The monoisotopic (exact) mass is 261 g/mol. The quantitative estimate of drug-likeness (QED) is 0.671. The number of aryl methyl sites for hydroxylation is 1. The van der Waals surface area contributed by atoms with Crippen LogP contribution in [0.5, 0.6) is 0 Å². The summed E-state index contributed by atoms with van der Waals surface area (Å²) < 4.78 is 1.78. The Labute approximate surface area is 108 Å². The lowest BCUT2D eigenvalue weighted by Gasteiger charge is -2.06. The number of aromatic carboxylic acids is 1. The largest absolute Gasteiger partial charge is 0.478 e. The normalized spacial score (nSPS) is 10.4. The predicted molar refractivity (Wildman–Crippen MR) is 67.0 cm³/mol. The van der Waals surface area contributed by atoms with Crippen LogP contribution in [0.2, 0.25) is 0 Å². The van der Waals surface area contributed by atoms with Gasteiger partial charge in [0, 0.05) is 36.6 Å². The summed E-state index contributed by atoms with van der Waals surface area (Å²) in [6.07, 6.45) is 3.30. The van der Waals surface area contributed by atoms with Crippen molar-refractivity contribution < 1.29 is 14.8 Å². The van der Waals surface area contributed by atoms with Crippen molar-refractivity contribution in [3.05, 3.63) is 46.3 Å². The summed E-state index contributed by atoms with van der Waals surface area (Å²) in [5.41, 5.74) is 0.0221. The first-order valence-corrected chi connectivity index (χ1v) is 5.57. The van der Waals surface area contributed by atoms with Crippen molar-refractivity contribution in [1.82, 2.24) is 9.55 Å².